The molecule has 0 radical (unpaired) electrons. The molecule has 8 heteroatoms. The van der Waals surface area contributed by atoms with Crippen LogP contribution < -0.4 is 10.5 Å². The molecule has 0 spiro atoms. The van der Waals surface area contributed by atoms with Crippen LogP contribution in [0.2, 0.25) is 5.02 Å². The fraction of sp³-hybridized carbons (Fsp3) is 0.167. The smallest absolute Gasteiger partial charge is 0.240 e. The number of halogens is 2. The van der Waals surface area contributed by atoms with Gasteiger partial charge in [0, 0.05) is 11.4 Å². The van der Waals surface area contributed by atoms with Crippen molar-refractivity contribution in [2.75, 3.05) is 12.3 Å². The summed E-state index contributed by atoms with van der Waals surface area (Å²) < 4.78 is 27.7. The third-order valence-corrected chi connectivity index (χ3v) is 6.04. The highest BCUT2D eigenvalue weighted by atomic mass is 79.9. The molecule has 108 valence electrons. The van der Waals surface area contributed by atoms with Gasteiger partial charge in [0.2, 0.25) is 10.0 Å². The van der Waals surface area contributed by atoms with Crippen molar-refractivity contribution < 1.29 is 8.42 Å². The molecule has 0 bridgehead atoms. The third-order valence-electron chi connectivity index (χ3n) is 2.57. The number of nitrogens with two attached hydrogens (primary N) is 1. The Labute approximate surface area is 135 Å². The second kappa shape index (κ2) is 6.44. The lowest BCUT2D eigenvalue weighted by Crippen LogP contribution is -2.25. The van der Waals surface area contributed by atoms with E-state index in [0.29, 0.717) is 18.7 Å². The van der Waals surface area contributed by atoms with E-state index in [2.05, 4.69) is 20.7 Å². The van der Waals surface area contributed by atoms with Gasteiger partial charge in [-0.05, 0) is 52.7 Å². The second-order valence-electron chi connectivity index (χ2n) is 4.04. The molecule has 0 unspecified atom stereocenters. The van der Waals surface area contributed by atoms with Crippen LogP contribution in [0.3, 0.4) is 0 Å². The molecule has 0 aliphatic rings. The Hall–Kier alpha value is -0.600. The molecule has 3 N–H and O–H groups in total. The lowest BCUT2D eigenvalue weighted by molar-refractivity contribution is 0.582. The average molecular weight is 396 g/mol. The molecule has 4 nitrogen and oxygen atoms in total. The summed E-state index contributed by atoms with van der Waals surface area (Å²) in [5, 5.41) is 0.232. The van der Waals surface area contributed by atoms with Crippen molar-refractivity contribution in [2.45, 2.75) is 11.3 Å². The molecule has 2 rings (SSSR count). The molecular formula is C12H12BrClN2O2S2. The third kappa shape index (κ3) is 3.95. The van der Waals surface area contributed by atoms with Crippen molar-refractivity contribution in [1.29, 1.82) is 0 Å². The summed E-state index contributed by atoms with van der Waals surface area (Å²) >= 11 is 10.8. The molecule has 1 aromatic carbocycles. The summed E-state index contributed by atoms with van der Waals surface area (Å²) in [6.07, 6.45) is 0.637. The Morgan fingerprint density at radius 2 is 2.05 bits per heavy atom. The van der Waals surface area contributed by atoms with Gasteiger partial charge in [-0.15, -0.1) is 11.3 Å². The monoisotopic (exact) mass is 394 g/mol. The molecule has 0 atom stereocenters. The van der Waals surface area contributed by atoms with Crippen molar-refractivity contribution >= 4 is 54.6 Å². The van der Waals surface area contributed by atoms with E-state index in [4.69, 9.17) is 17.3 Å². The largest absolute Gasteiger partial charge is 0.398 e. The average Bonchev–Trinajstić information content (AvgIpc) is 2.78. The number of benzene rings is 1. The van der Waals surface area contributed by atoms with Crippen LogP contribution in [-0.4, -0.2) is 15.0 Å². The Bertz CT molecular complexity index is 716. The van der Waals surface area contributed by atoms with Crippen LogP contribution in [0.5, 0.6) is 0 Å². The molecule has 2 aromatic rings. The van der Waals surface area contributed by atoms with Gasteiger partial charge in [-0.2, -0.15) is 0 Å². The number of nitrogens with one attached hydrogen (secondary N) is 1. The summed E-state index contributed by atoms with van der Waals surface area (Å²) in [6, 6.07) is 8.16. The summed E-state index contributed by atoms with van der Waals surface area (Å²) in [5.41, 5.74) is 5.92. The first kappa shape index (κ1) is 15.8. The van der Waals surface area contributed by atoms with E-state index in [1.807, 2.05) is 12.1 Å². The minimum absolute atomic E-state index is 0.115. The number of hydrogen-bond acceptors (Lipinski definition) is 4. The number of sulfonamides is 1. The zero-order valence-electron chi connectivity index (χ0n) is 10.3. The summed E-state index contributed by atoms with van der Waals surface area (Å²) in [7, 11) is -3.56. The van der Waals surface area contributed by atoms with E-state index >= 15 is 0 Å². The minimum Gasteiger partial charge on any atom is -0.398 e. The van der Waals surface area contributed by atoms with Gasteiger partial charge in [0.1, 0.15) is 0 Å². The Balaban J connectivity index is 2.02. The van der Waals surface area contributed by atoms with Crippen molar-refractivity contribution in [2.24, 2.45) is 0 Å². The zero-order chi connectivity index (χ0) is 14.8. The molecule has 0 saturated carbocycles. The van der Waals surface area contributed by atoms with Gasteiger partial charge in [0.15, 0.2) is 0 Å². The van der Waals surface area contributed by atoms with Crippen LogP contribution >= 0.6 is 38.9 Å². The van der Waals surface area contributed by atoms with Gasteiger partial charge < -0.3 is 5.73 Å². The lowest BCUT2D eigenvalue weighted by atomic mass is 10.3. The van der Waals surface area contributed by atoms with Crippen LogP contribution in [0.4, 0.5) is 5.69 Å². The van der Waals surface area contributed by atoms with E-state index < -0.39 is 10.0 Å². The normalized spacial score (nSPS) is 11.7. The molecule has 1 heterocycles. The minimum atomic E-state index is -3.56. The quantitative estimate of drug-likeness (QED) is 0.763. The highest BCUT2D eigenvalue weighted by Gasteiger charge is 2.14. The number of thiophene rings is 1. The maximum absolute atomic E-state index is 12.1. The van der Waals surface area contributed by atoms with Gasteiger partial charge in [0.05, 0.1) is 19.4 Å². The van der Waals surface area contributed by atoms with E-state index in [1.165, 1.54) is 18.2 Å². The van der Waals surface area contributed by atoms with Crippen molar-refractivity contribution in [3.05, 3.63) is 44.0 Å². The number of hydrogen-bond donors (Lipinski definition) is 2. The maximum atomic E-state index is 12.1. The summed E-state index contributed by atoms with van der Waals surface area (Å²) in [5.74, 6) is 0. The number of nitrogen functional groups attached to an aromatic ring is 1. The fourth-order valence-corrected chi connectivity index (χ4v) is 4.34. The fourth-order valence-electron chi connectivity index (χ4n) is 1.55. The van der Waals surface area contributed by atoms with Gasteiger partial charge in [0.25, 0.3) is 0 Å². The van der Waals surface area contributed by atoms with Crippen molar-refractivity contribution in [3.63, 3.8) is 0 Å². The molecule has 0 saturated heterocycles. The summed E-state index contributed by atoms with van der Waals surface area (Å²) in [4.78, 5) is 1.22. The molecule has 0 aliphatic carbocycles. The van der Waals surface area contributed by atoms with Crippen LogP contribution in [-0.2, 0) is 16.4 Å². The van der Waals surface area contributed by atoms with Gasteiger partial charge in [-0.1, -0.05) is 11.6 Å². The second-order valence-corrected chi connectivity index (χ2v) is 8.76. The molecule has 0 amide bonds. The van der Waals surface area contributed by atoms with E-state index in [0.717, 1.165) is 8.66 Å². The lowest BCUT2D eigenvalue weighted by Gasteiger charge is -2.07. The standard InChI is InChI=1S/C12H12BrClN2O2S2/c13-12-4-1-8(19-12)5-6-16-20(17,18)9-2-3-11(15)10(14)7-9/h1-4,7,16H,5-6,15H2. The van der Waals surface area contributed by atoms with Crippen LogP contribution in [0.15, 0.2) is 39.0 Å². The van der Waals surface area contributed by atoms with Crippen LogP contribution in [0.25, 0.3) is 0 Å². The van der Waals surface area contributed by atoms with Gasteiger partial charge in [-0.3, -0.25) is 0 Å². The SMILES string of the molecule is Nc1ccc(S(=O)(=O)NCCc2ccc(Br)s2)cc1Cl. The van der Waals surface area contributed by atoms with Crippen molar-refractivity contribution in [3.8, 4) is 0 Å². The number of anilines is 1. The van der Waals surface area contributed by atoms with Crippen molar-refractivity contribution in [1.82, 2.24) is 4.72 Å². The van der Waals surface area contributed by atoms with Gasteiger partial charge >= 0.3 is 0 Å². The van der Waals surface area contributed by atoms with E-state index in [9.17, 15) is 8.42 Å². The first-order valence-electron chi connectivity index (χ1n) is 5.67. The molecule has 1 aromatic heterocycles. The Kier molecular flexibility index (Phi) is 5.09. The van der Waals surface area contributed by atoms with Crippen LogP contribution in [0.1, 0.15) is 4.88 Å². The molecule has 0 fully saturated rings. The molecular weight excluding hydrogens is 384 g/mol. The highest BCUT2D eigenvalue weighted by Crippen LogP contribution is 2.23. The molecule has 20 heavy (non-hydrogen) atoms. The molecule has 0 aliphatic heterocycles. The van der Waals surface area contributed by atoms with Crippen LogP contribution in [0, 0.1) is 0 Å². The first-order valence-corrected chi connectivity index (χ1v) is 9.14. The van der Waals surface area contributed by atoms with E-state index in [1.54, 1.807) is 11.3 Å². The zero-order valence-corrected chi connectivity index (χ0v) is 14.2. The highest BCUT2D eigenvalue weighted by molar-refractivity contribution is 9.11. The Morgan fingerprint density at radius 1 is 1.30 bits per heavy atom. The summed E-state index contributed by atoms with van der Waals surface area (Å²) in [6.45, 7) is 0.331. The number of rotatable bonds is 5. The topological polar surface area (TPSA) is 72.2 Å². The van der Waals surface area contributed by atoms with E-state index in [-0.39, 0.29) is 9.92 Å². The van der Waals surface area contributed by atoms with Gasteiger partial charge in [-0.25, -0.2) is 13.1 Å². The first-order chi connectivity index (χ1) is 9.38. The predicted molar refractivity (Wildman–Crippen MR) is 86.8 cm³/mol. The predicted octanol–water partition coefficient (Wildman–Crippen LogP) is 3.27. The Morgan fingerprint density at radius 3 is 2.65 bits per heavy atom. The maximum Gasteiger partial charge on any atom is 0.240 e.